The van der Waals surface area contributed by atoms with Crippen molar-refractivity contribution < 1.29 is 9.50 Å². The molecule has 1 N–H and O–H groups in total. The second kappa shape index (κ2) is 5.51. The first kappa shape index (κ1) is 13.7. The fraction of sp³-hybridized carbons (Fsp3) is 0.143. The first-order valence-electron chi connectivity index (χ1n) is 5.37. The molecular formula is C14H11Br2FO. The van der Waals surface area contributed by atoms with Crippen LogP contribution in [0.3, 0.4) is 0 Å². The molecule has 2 aromatic rings. The van der Waals surface area contributed by atoms with E-state index in [1.54, 1.807) is 12.1 Å². The Bertz CT molecular complexity index is 564. The summed E-state index contributed by atoms with van der Waals surface area (Å²) in [5, 5.41) is 10.3. The van der Waals surface area contributed by atoms with Crippen molar-refractivity contribution in [3.63, 3.8) is 0 Å². The molecule has 0 heterocycles. The minimum Gasteiger partial charge on any atom is -0.384 e. The van der Waals surface area contributed by atoms with Gasteiger partial charge in [-0.05, 0) is 63.8 Å². The molecule has 94 valence electrons. The molecule has 18 heavy (non-hydrogen) atoms. The average Bonchev–Trinajstić information content (AvgIpc) is 2.30. The van der Waals surface area contributed by atoms with E-state index in [0.717, 1.165) is 15.6 Å². The number of aliphatic hydroxyl groups is 1. The van der Waals surface area contributed by atoms with E-state index in [1.165, 1.54) is 6.07 Å². The van der Waals surface area contributed by atoms with E-state index in [1.807, 2.05) is 25.1 Å². The molecule has 1 unspecified atom stereocenters. The molecule has 0 spiro atoms. The number of benzene rings is 2. The molecule has 2 aromatic carbocycles. The summed E-state index contributed by atoms with van der Waals surface area (Å²) in [6.45, 7) is 1.96. The largest absolute Gasteiger partial charge is 0.384 e. The Morgan fingerprint density at radius 2 is 1.78 bits per heavy atom. The molecule has 4 heteroatoms. The van der Waals surface area contributed by atoms with E-state index < -0.39 is 6.10 Å². The monoisotopic (exact) mass is 372 g/mol. The maximum atomic E-state index is 13.2. The van der Waals surface area contributed by atoms with Gasteiger partial charge in [0, 0.05) is 4.47 Å². The van der Waals surface area contributed by atoms with Gasteiger partial charge < -0.3 is 5.11 Å². The smallest absolute Gasteiger partial charge is 0.137 e. The molecule has 0 aliphatic heterocycles. The van der Waals surface area contributed by atoms with E-state index in [9.17, 15) is 9.50 Å². The van der Waals surface area contributed by atoms with Crippen LogP contribution in [0.2, 0.25) is 0 Å². The number of aryl methyl sites for hydroxylation is 1. The van der Waals surface area contributed by atoms with E-state index in [0.29, 0.717) is 10.0 Å². The van der Waals surface area contributed by atoms with Crippen molar-refractivity contribution in [1.29, 1.82) is 0 Å². The average molecular weight is 374 g/mol. The molecular weight excluding hydrogens is 363 g/mol. The van der Waals surface area contributed by atoms with Gasteiger partial charge in [-0.25, -0.2) is 4.39 Å². The molecule has 0 aliphatic rings. The van der Waals surface area contributed by atoms with E-state index in [2.05, 4.69) is 31.9 Å². The molecule has 0 aromatic heterocycles. The van der Waals surface area contributed by atoms with Gasteiger partial charge in [0.25, 0.3) is 0 Å². The van der Waals surface area contributed by atoms with E-state index >= 15 is 0 Å². The van der Waals surface area contributed by atoms with Crippen molar-refractivity contribution >= 4 is 31.9 Å². The number of halogens is 3. The van der Waals surface area contributed by atoms with Gasteiger partial charge in [0.2, 0.25) is 0 Å². The predicted octanol–water partition coefficient (Wildman–Crippen LogP) is 4.74. The number of hydrogen-bond acceptors (Lipinski definition) is 1. The van der Waals surface area contributed by atoms with Gasteiger partial charge >= 0.3 is 0 Å². The normalized spacial score (nSPS) is 12.5. The topological polar surface area (TPSA) is 20.2 Å². The van der Waals surface area contributed by atoms with Gasteiger partial charge in [0.1, 0.15) is 11.9 Å². The van der Waals surface area contributed by atoms with E-state index in [-0.39, 0.29) is 5.82 Å². The molecule has 1 atom stereocenters. The fourth-order valence-electron chi connectivity index (χ4n) is 1.80. The molecule has 0 fully saturated rings. The first-order valence-corrected chi connectivity index (χ1v) is 6.96. The van der Waals surface area contributed by atoms with Crippen LogP contribution < -0.4 is 0 Å². The Kier molecular flexibility index (Phi) is 4.20. The van der Waals surface area contributed by atoms with Crippen LogP contribution in [0, 0.1) is 12.7 Å². The third kappa shape index (κ3) is 2.99. The number of hydrogen-bond donors (Lipinski definition) is 1. The van der Waals surface area contributed by atoms with Crippen LogP contribution in [-0.4, -0.2) is 5.11 Å². The van der Waals surface area contributed by atoms with E-state index in [4.69, 9.17) is 0 Å². The van der Waals surface area contributed by atoms with Crippen molar-refractivity contribution in [2.45, 2.75) is 13.0 Å². The number of rotatable bonds is 2. The van der Waals surface area contributed by atoms with Gasteiger partial charge in [0.15, 0.2) is 0 Å². The summed E-state index contributed by atoms with van der Waals surface area (Å²) in [5.41, 5.74) is 2.49. The van der Waals surface area contributed by atoms with Gasteiger partial charge in [-0.3, -0.25) is 0 Å². The highest BCUT2D eigenvalue weighted by atomic mass is 79.9. The van der Waals surface area contributed by atoms with Crippen LogP contribution >= 0.6 is 31.9 Å². The van der Waals surface area contributed by atoms with Crippen molar-refractivity contribution in [2.75, 3.05) is 0 Å². The van der Waals surface area contributed by atoms with Crippen LogP contribution in [0.1, 0.15) is 22.8 Å². The maximum absolute atomic E-state index is 13.2. The zero-order chi connectivity index (χ0) is 13.3. The van der Waals surface area contributed by atoms with Gasteiger partial charge in [-0.15, -0.1) is 0 Å². The minimum absolute atomic E-state index is 0.337. The van der Waals surface area contributed by atoms with Crippen LogP contribution in [0.5, 0.6) is 0 Å². The summed E-state index contributed by atoms with van der Waals surface area (Å²) >= 11 is 6.52. The quantitative estimate of drug-likeness (QED) is 0.805. The summed E-state index contributed by atoms with van der Waals surface area (Å²) in [5.74, 6) is -0.337. The van der Waals surface area contributed by atoms with Crippen molar-refractivity contribution in [1.82, 2.24) is 0 Å². The fourth-order valence-corrected chi connectivity index (χ4v) is 2.82. The molecule has 0 aliphatic carbocycles. The Morgan fingerprint density at radius 3 is 2.39 bits per heavy atom. The highest BCUT2D eigenvalue weighted by Gasteiger charge is 2.13. The summed E-state index contributed by atoms with van der Waals surface area (Å²) in [6, 6.07) is 10.3. The van der Waals surface area contributed by atoms with Gasteiger partial charge in [-0.2, -0.15) is 0 Å². The molecule has 1 nitrogen and oxygen atoms in total. The molecule has 0 radical (unpaired) electrons. The summed E-state index contributed by atoms with van der Waals surface area (Å²) < 4.78 is 14.4. The second-order valence-electron chi connectivity index (χ2n) is 4.14. The van der Waals surface area contributed by atoms with Crippen LogP contribution in [0.15, 0.2) is 45.3 Å². The summed E-state index contributed by atoms with van der Waals surface area (Å²) in [4.78, 5) is 0. The minimum atomic E-state index is -0.766. The summed E-state index contributed by atoms with van der Waals surface area (Å²) in [6.07, 6.45) is -0.766. The lowest BCUT2D eigenvalue weighted by Crippen LogP contribution is -2.00. The van der Waals surface area contributed by atoms with Crippen LogP contribution in [0.4, 0.5) is 4.39 Å². The van der Waals surface area contributed by atoms with Gasteiger partial charge in [0.05, 0.1) is 4.47 Å². The zero-order valence-electron chi connectivity index (χ0n) is 9.62. The third-order valence-corrected chi connectivity index (χ3v) is 3.71. The molecule has 2 rings (SSSR count). The number of aliphatic hydroxyl groups excluding tert-OH is 1. The highest BCUT2D eigenvalue weighted by molar-refractivity contribution is 9.10. The first-order chi connectivity index (χ1) is 8.47. The standard InChI is InChI=1S/C14H11Br2FO/c1-8-4-10(6-11(15)5-8)14(18)9-2-3-13(17)12(16)7-9/h2-7,14,18H,1H3. The maximum Gasteiger partial charge on any atom is 0.137 e. The Hall–Kier alpha value is -0.710. The predicted molar refractivity (Wildman–Crippen MR) is 77.0 cm³/mol. The lowest BCUT2D eigenvalue weighted by Gasteiger charge is -2.13. The molecule has 0 saturated carbocycles. The Morgan fingerprint density at radius 1 is 1.06 bits per heavy atom. The lowest BCUT2D eigenvalue weighted by atomic mass is 10.00. The summed E-state index contributed by atoms with van der Waals surface area (Å²) in [7, 11) is 0. The zero-order valence-corrected chi connectivity index (χ0v) is 12.8. The SMILES string of the molecule is Cc1cc(Br)cc(C(O)c2ccc(F)c(Br)c2)c1. The highest BCUT2D eigenvalue weighted by Crippen LogP contribution is 2.28. The van der Waals surface area contributed by atoms with Crippen molar-refractivity contribution in [3.8, 4) is 0 Å². The van der Waals surface area contributed by atoms with Gasteiger partial charge in [-0.1, -0.05) is 28.1 Å². The Labute approximate surface area is 122 Å². The van der Waals surface area contributed by atoms with Crippen molar-refractivity contribution in [3.05, 3.63) is 67.9 Å². The van der Waals surface area contributed by atoms with Crippen LogP contribution in [0.25, 0.3) is 0 Å². The second-order valence-corrected chi connectivity index (χ2v) is 5.91. The van der Waals surface area contributed by atoms with Crippen LogP contribution in [-0.2, 0) is 0 Å². The Balaban J connectivity index is 2.40. The third-order valence-electron chi connectivity index (χ3n) is 2.64. The lowest BCUT2D eigenvalue weighted by molar-refractivity contribution is 0.220. The molecule has 0 bridgehead atoms. The molecule has 0 amide bonds. The van der Waals surface area contributed by atoms with Crippen molar-refractivity contribution in [2.24, 2.45) is 0 Å². The molecule has 0 saturated heterocycles.